The second kappa shape index (κ2) is 5.36. The first-order valence-electron chi connectivity index (χ1n) is 6.20. The molecule has 6 nitrogen and oxygen atoms in total. The van der Waals surface area contributed by atoms with E-state index in [2.05, 4.69) is 5.32 Å². The van der Waals surface area contributed by atoms with Crippen molar-refractivity contribution in [2.24, 2.45) is 5.41 Å². The lowest BCUT2D eigenvalue weighted by Crippen LogP contribution is -2.60. The number of hydrogen-bond donors (Lipinski definition) is 3. The first kappa shape index (κ1) is 17.7. The maximum Gasteiger partial charge on any atom is 0.317 e. The Kier molecular flexibility index (Phi) is 5.00. The fourth-order valence-corrected chi connectivity index (χ4v) is 1.44. The summed E-state index contributed by atoms with van der Waals surface area (Å²) in [7, 11) is 1.55. The van der Waals surface area contributed by atoms with Crippen LogP contribution in [0.1, 0.15) is 41.5 Å². The average molecular weight is 274 g/mol. The zero-order valence-electron chi connectivity index (χ0n) is 12.9. The van der Waals surface area contributed by atoms with Crippen LogP contribution in [0.25, 0.3) is 0 Å². The Labute approximate surface area is 114 Å². The van der Waals surface area contributed by atoms with Crippen LogP contribution in [0, 0.1) is 5.41 Å². The molecule has 0 atom stereocenters. The van der Waals surface area contributed by atoms with Crippen molar-refractivity contribution in [3.8, 4) is 0 Å². The van der Waals surface area contributed by atoms with E-state index < -0.39 is 28.6 Å². The molecule has 0 aliphatic heterocycles. The van der Waals surface area contributed by atoms with Crippen molar-refractivity contribution >= 4 is 12.0 Å². The first-order valence-corrected chi connectivity index (χ1v) is 6.20. The van der Waals surface area contributed by atoms with E-state index in [0.717, 1.165) is 0 Å². The van der Waals surface area contributed by atoms with Crippen LogP contribution in [-0.2, 0) is 4.79 Å². The Hall–Kier alpha value is -1.30. The molecule has 0 fully saturated rings. The largest absolute Gasteiger partial charge is 0.481 e. The molecule has 0 radical (unpaired) electrons. The minimum absolute atomic E-state index is 0.155. The Morgan fingerprint density at radius 1 is 1.11 bits per heavy atom. The molecule has 6 heteroatoms. The third-order valence-corrected chi connectivity index (χ3v) is 3.49. The lowest BCUT2D eigenvalue weighted by atomic mass is 9.74. The highest BCUT2D eigenvalue weighted by Crippen LogP contribution is 2.30. The highest BCUT2D eigenvalue weighted by Gasteiger charge is 2.44. The summed E-state index contributed by atoms with van der Waals surface area (Å²) in [5, 5.41) is 21.6. The van der Waals surface area contributed by atoms with Gasteiger partial charge in [0.2, 0.25) is 0 Å². The van der Waals surface area contributed by atoms with Gasteiger partial charge in [0, 0.05) is 7.05 Å². The fourth-order valence-electron chi connectivity index (χ4n) is 1.44. The molecule has 0 saturated heterocycles. The Balaban J connectivity index is 4.85. The number of aliphatic carboxylic acids is 1. The number of hydrogen-bond acceptors (Lipinski definition) is 3. The van der Waals surface area contributed by atoms with E-state index in [1.807, 2.05) is 0 Å². The molecular weight excluding hydrogens is 248 g/mol. The zero-order chi connectivity index (χ0) is 15.6. The van der Waals surface area contributed by atoms with Gasteiger partial charge in [-0.05, 0) is 41.5 Å². The molecule has 0 aromatic carbocycles. The van der Waals surface area contributed by atoms with Gasteiger partial charge in [0.05, 0.1) is 23.1 Å². The third kappa shape index (κ3) is 4.70. The van der Waals surface area contributed by atoms with E-state index in [4.69, 9.17) is 0 Å². The Morgan fingerprint density at radius 2 is 1.53 bits per heavy atom. The number of nitrogens with zero attached hydrogens (tertiary/aromatic N) is 1. The quantitative estimate of drug-likeness (QED) is 0.704. The highest BCUT2D eigenvalue weighted by molar-refractivity contribution is 5.79. The normalized spacial score (nSPS) is 13.1. The SMILES string of the molecule is CN(CC(C)(C)O)C(=O)NC(C)(C)C(C)(C)C(=O)O. The van der Waals surface area contributed by atoms with Crippen LogP contribution in [0.15, 0.2) is 0 Å². The van der Waals surface area contributed by atoms with Crippen LogP contribution in [0.3, 0.4) is 0 Å². The summed E-state index contributed by atoms with van der Waals surface area (Å²) in [6, 6.07) is -0.415. The second-order valence-electron chi connectivity index (χ2n) is 6.65. The summed E-state index contributed by atoms with van der Waals surface area (Å²) in [5.41, 5.74) is -3.04. The summed E-state index contributed by atoms with van der Waals surface area (Å²) in [5.74, 6) is -0.983. The van der Waals surface area contributed by atoms with Gasteiger partial charge in [0.15, 0.2) is 0 Å². The van der Waals surface area contributed by atoms with E-state index in [1.165, 1.54) is 4.90 Å². The smallest absolute Gasteiger partial charge is 0.317 e. The molecule has 0 aliphatic carbocycles. The van der Waals surface area contributed by atoms with Gasteiger partial charge in [-0.3, -0.25) is 4.79 Å². The number of carbonyl (C=O) groups excluding carboxylic acids is 1. The van der Waals surface area contributed by atoms with E-state index in [-0.39, 0.29) is 6.54 Å². The van der Waals surface area contributed by atoms with Crippen LogP contribution < -0.4 is 5.32 Å². The molecule has 0 heterocycles. The Bertz CT molecular complexity index is 356. The van der Waals surface area contributed by atoms with Gasteiger partial charge in [-0.15, -0.1) is 0 Å². The van der Waals surface area contributed by atoms with Crippen molar-refractivity contribution in [2.45, 2.75) is 52.7 Å². The van der Waals surface area contributed by atoms with E-state index >= 15 is 0 Å². The summed E-state index contributed by atoms with van der Waals surface area (Å²) >= 11 is 0. The van der Waals surface area contributed by atoms with Crippen molar-refractivity contribution in [3.05, 3.63) is 0 Å². The molecule has 0 rings (SSSR count). The number of carbonyl (C=O) groups is 2. The third-order valence-electron chi connectivity index (χ3n) is 3.49. The van der Waals surface area contributed by atoms with Crippen LogP contribution in [0.2, 0.25) is 0 Å². The number of amides is 2. The lowest BCUT2D eigenvalue weighted by molar-refractivity contribution is -0.150. The molecule has 0 aromatic heterocycles. The van der Waals surface area contributed by atoms with Crippen molar-refractivity contribution in [1.29, 1.82) is 0 Å². The second-order valence-corrected chi connectivity index (χ2v) is 6.65. The summed E-state index contributed by atoms with van der Waals surface area (Å²) in [4.78, 5) is 24.6. The lowest BCUT2D eigenvalue weighted by Gasteiger charge is -2.40. The van der Waals surface area contributed by atoms with E-state index in [1.54, 1.807) is 48.6 Å². The molecule has 0 bridgehead atoms. The zero-order valence-corrected chi connectivity index (χ0v) is 12.9. The Morgan fingerprint density at radius 3 is 1.84 bits per heavy atom. The molecular formula is C13H26N2O4. The van der Waals surface area contributed by atoms with Crippen molar-refractivity contribution in [3.63, 3.8) is 0 Å². The van der Waals surface area contributed by atoms with Gasteiger partial charge in [-0.25, -0.2) is 4.79 Å². The molecule has 0 unspecified atom stereocenters. The number of aliphatic hydroxyl groups is 1. The van der Waals surface area contributed by atoms with Crippen molar-refractivity contribution in [2.75, 3.05) is 13.6 Å². The number of carboxylic acids is 1. The van der Waals surface area contributed by atoms with Crippen molar-refractivity contribution < 1.29 is 19.8 Å². The van der Waals surface area contributed by atoms with Gasteiger partial charge < -0.3 is 20.4 Å². The number of nitrogens with one attached hydrogen (secondary N) is 1. The topological polar surface area (TPSA) is 89.9 Å². The van der Waals surface area contributed by atoms with Gasteiger partial charge in [0.1, 0.15) is 0 Å². The maximum atomic E-state index is 12.0. The van der Waals surface area contributed by atoms with Gasteiger partial charge in [0.25, 0.3) is 0 Å². The number of carboxylic acid groups (broad SMARTS) is 1. The van der Waals surface area contributed by atoms with Crippen LogP contribution in [-0.4, -0.2) is 51.8 Å². The monoisotopic (exact) mass is 274 g/mol. The molecule has 0 aromatic rings. The minimum atomic E-state index is -1.11. The molecule has 19 heavy (non-hydrogen) atoms. The predicted molar refractivity (Wildman–Crippen MR) is 73.0 cm³/mol. The average Bonchev–Trinajstić information content (AvgIpc) is 2.13. The van der Waals surface area contributed by atoms with Gasteiger partial charge >= 0.3 is 12.0 Å². The number of urea groups is 1. The fraction of sp³-hybridized carbons (Fsp3) is 0.846. The molecule has 112 valence electrons. The van der Waals surface area contributed by atoms with E-state index in [9.17, 15) is 19.8 Å². The number of likely N-dealkylation sites (N-methyl/N-ethyl adjacent to an activating group) is 1. The molecule has 2 amide bonds. The number of rotatable bonds is 5. The van der Waals surface area contributed by atoms with Gasteiger partial charge in [-0.1, -0.05) is 0 Å². The maximum absolute atomic E-state index is 12.0. The van der Waals surface area contributed by atoms with E-state index in [0.29, 0.717) is 0 Å². The molecule has 0 aliphatic rings. The standard InChI is InChI=1S/C13H26N2O4/c1-11(2,19)8-15(7)10(18)14-13(5,6)12(3,4)9(16)17/h19H,8H2,1-7H3,(H,14,18)(H,16,17). The minimum Gasteiger partial charge on any atom is -0.481 e. The van der Waals surface area contributed by atoms with Crippen LogP contribution in [0.4, 0.5) is 4.79 Å². The van der Waals surface area contributed by atoms with Crippen LogP contribution in [0.5, 0.6) is 0 Å². The van der Waals surface area contributed by atoms with Crippen LogP contribution >= 0.6 is 0 Å². The summed E-state index contributed by atoms with van der Waals surface area (Å²) in [6.45, 7) is 9.81. The highest BCUT2D eigenvalue weighted by atomic mass is 16.4. The summed E-state index contributed by atoms with van der Waals surface area (Å²) < 4.78 is 0. The predicted octanol–water partition coefficient (Wildman–Crippen LogP) is 1.29. The molecule has 3 N–H and O–H groups in total. The molecule has 0 saturated carbocycles. The summed E-state index contributed by atoms with van der Waals surface area (Å²) in [6.07, 6.45) is 0. The first-order chi connectivity index (χ1) is 8.21. The molecule has 0 spiro atoms. The van der Waals surface area contributed by atoms with Crippen molar-refractivity contribution in [1.82, 2.24) is 10.2 Å². The van der Waals surface area contributed by atoms with Gasteiger partial charge in [-0.2, -0.15) is 0 Å².